The first-order chi connectivity index (χ1) is 14.9. The van der Waals surface area contributed by atoms with Crippen molar-refractivity contribution in [2.24, 2.45) is 0 Å². The minimum Gasteiger partial charge on any atom is -0.507 e. The molecule has 2 aliphatic heterocycles. The second-order valence-electron chi connectivity index (χ2n) is 8.39. The number of anilines is 1. The third-order valence-corrected chi connectivity index (χ3v) is 7.47. The van der Waals surface area contributed by atoms with Gasteiger partial charge in [0.2, 0.25) is 0 Å². The van der Waals surface area contributed by atoms with Crippen molar-refractivity contribution in [3.8, 4) is 11.5 Å². The molecular weight excluding hydrogens is 485 g/mol. The number of phenolic OH excluding ortho intramolecular Hbond substituents is 1. The Kier molecular flexibility index (Phi) is 10.1. The lowest BCUT2D eigenvalue weighted by molar-refractivity contribution is 0.312. The SMILES string of the molecule is COc1ccc(S(=O)(=O)Nc2cc(CN3CCCC3)c(O)c(CN3CCCC3)c2)cc1.Cl.Cl. The molecule has 0 amide bonds. The summed E-state index contributed by atoms with van der Waals surface area (Å²) in [7, 11) is -2.21. The van der Waals surface area contributed by atoms with Crippen LogP contribution in [0.4, 0.5) is 5.69 Å². The summed E-state index contributed by atoms with van der Waals surface area (Å²) >= 11 is 0. The van der Waals surface area contributed by atoms with Crippen molar-refractivity contribution < 1.29 is 18.3 Å². The molecule has 10 heteroatoms. The molecule has 2 aliphatic rings. The van der Waals surface area contributed by atoms with E-state index in [9.17, 15) is 13.5 Å². The quantitative estimate of drug-likeness (QED) is 0.509. The number of hydrogen-bond donors (Lipinski definition) is 2. The van der Waals surface area contributed by atoms with Crippen LogP contribution in [0.2, 0.25) is 0 Å². The van der Waals surface area contributed by atoms with Crippen LogP contribution in [0, 0.1) is 0 Å². The summed E-state index contributed by atoms with van der Waals surface area (Å²) in [5, 5.41) is 11.0. The first-order valence-electron chi connectivity index (χ1n) is 10.9. The molecule has 0 atom stereocenters. The van der Waals surface area contributed by atoms with E-state index in [-0.39, 0.29) is 35.5 Å². The summed E-state index contributed by atoms with van der Waals surface area (Å²) in [4.78, 5) is 4.77. The number of aromatic hydroxyl groups is 1. The van der Waals surface area contributed by atoms with Crippen LogP contribution in [0.25, 0.3) is 0 Å². The molecule has 2 heterocycles. The van der Waals surface area contributed by atoms with Gasteiger partial charge in [0, 0.05) is 29.9 Å². The molecule has 0 radical (unpaired) electrons. The number of nitrogens with one attached hydrogen (secondary N) is 1. The molecule has 2 fully saturated rings. The Labute approximate surface area is 209 Å². The van der Waals surface area contributed by atoms with Crippen LogP contribution >= 0.6 is 24.8 Å². The highest BCUT2D eigenvalue weighted by Gasteiger charge is 2.21. The van der Waals surface area contributed by atoms with Gasteiger partial charge in [-0.2, -0.15) is 0 Å². The van der Waals surface area contributed by atoms with Gasteiger partial charge in [0.1, 0.15) is 11.5 Å². The third-order valence-electron chi connectivity index (χ3n) is 6.08. The minimum atomic E-state index is -3.75. The zero-order valence-corrected chi connectivity index (χ0v) is 21.3. The van der Waals surface area contributed by atoms with Gasteiger partial charge in [-0.1, -0.05) is 0 Å². The monoisotopic (exact) mass is 517 g/mol. The molecule has 0 aromatic heterocycles. The standard InChI is InChI=1S/C23H31N3O4S.2ClH/c1-30-21-6-8-22(9-7-21)31(28,29)24-20-14-18(16-25-10-2-3-11-25)23(27)19(15-20)17-26-12-4-5-13-26;;/h6-9,14-15,24,27H,2-5,10-13,16-17H2,1H3;2*1H. The van der Waals surface area contributed by atoms with E-state index >= 15 is 0 Å². The highest BCUT2D eigenvalue weighted by Crippen LogP contribution is 2.32. The summed E-state index contributed by atoms with van der Waals surface area (Å²) in [6.07, 6.45) is 4.63. The van der Waals surface area contributed by atoms with E-state index in [0.717, 1.165) is 63.0 Å². The fourth-order valence-electron chi connectivity index (χ4n) is 4.39. The molecule has 0 unspecified atom stereocenters. The molecule has 2 saturated heterocycles. The molecule has 4 rings (SSSR count). The van der Waals surface area contributed by atoms with Crippen LogP contribution < -0.4 is 9.46 Å². The highest BCUT2D eigenvalue weighted by atomic mass is 35.5. The number of nitrogens with zero attached hydrogens (tertiary/aromatic N) is 2. The van der Waals surface area contributed by atoms with E-state index < -0.39 is 10.0 Å². The fourth-order valence-corrected chi connectivity index (χ4v) is 5.43. The average molecular weight is 519 g/mol. The van der Waals surface area contributed by atoms with Crippen LogP contribution in [0.5, 0.6) is 11.5 Å². The summed E-state index contributed by atoms with van der Waals surface area (Å²) in [5.74, 6) is 0.885. The fraction of sp³-hybridized carbons (Fsp3) is 0.478. The van der Waals surface area contributed by atoms with Gasteiger partial charge in [0.05, 0.1) is 12.0 Å². The highest BCUT2D eigenvalue weighted by molar-refractivity contribution is 7.92. The van der Waals surface area contributed by atoms with Gasteiger partial charge >= 0.3 is 0 Å². The van der Waals surface area contributed by atoms with Crippen LogP contribution in [0.15, 0.2) is 41.3 Å². The molecule has 2 N–H and O–H groups in total. The van der Waals surface area contributed by atoms with Crippen molar-refractivity contribution in [2.75, 3.05) is 38.0 Å². The Morgan fingerprint density at radius 3 is 1.76 bits per heavy atom. The van der Waals surface area contributed by atoms with Gasteiger partial charge in [-0.25, -0.2) is 8.42 Å². The normalized spacial score (nSPS) is 16.8. The van der Waals surface area contributed by atoms with Gasteiger partial charge in [-0.15, -0.1) is 24.8 Å². The second kappa shape index (κ2) is 12.1. The Bertz CT molecular complexity index is 968. The summed E-state index contributed by atoms with van der Waals surface area (Å²) < 4.78 is 33.8. The molecule has 0 aliphatic carbocycles. The maximum Gasteiger partial charge on any atom is 0.261 e. The maximum atomic E-state index is 13.0. The molecule has 184 valence electrons. The van der Waals surface area contributed by atoms with Gasteiger partial charge < -0.3 is 9.84 Å². The van der Waals surface area contributed by atoms with Crippen molar-refractivity contribution in [3.05, 3.63) is 47.5 Å². The van der Waals surface area contributed by atoms with E-state index in [1.807, 2.05) is 0 Å². The lowest BCUT2D eigenvalue weighted by atomic mass is 10.1. The largest absolute Gasteiger partial charge is 0.507 e. The van der Waals surface area contributed by atoms with Crippen LogP contribution in [-0.2, 0) is 23.1 Å². The summed E-state index contributed by atoms with van der Waals surface area (Å²) in [6, 6.07) is 9.84. The number of rotatable bonds is 8. The Morgan fingerprint density at radius 1 is 0.879 bits per heavy atom. The van der Waals surface area contributed by atoms with Gasteiger partial charge in [0.15, 0.2) is 0 Å². The first kappa shape index (κ1) is 27.5. The lowest BCUT2D eigenvalue weighted by Gasteiger charge is -2.21. The van der Waals surface area contributed by atoms with E-state index in [1.165, 1.54) is 12.1 Å². The molecule has 0 spiro atoms. The second-order valence-corrected chi connectivity index (χ2v) is 10.1. The number of benzene rings is 2. The molecular formula is C23H33Cl2N3O4S. The molecule has 2 aromatic carbocycles. The zero-order chi connectivity index (χ0) is 21.8. The molecule has 7 nitrogen and oxygen atoms in total. The minimum absolute atomic E-state index is 0. The molecule has 0 bridgehead atoms. The van der Waals surface area contributed by atoms with Gasteiger partial charge in [-0.05, 0) is 88.3 Å². The van der Waals surface area contributed by atoms with Gasteiger partial charge in [0.25, 0.3) is 10.0 Å². The topological polar surface area (TPSA) is 82.1 Å². The number of phenols is 1. The van der Waals surface area contributed by atoms with E-state index in [1.54, 1.807) is 31.4 Å². The predicted molar refractivity (Wildman–Crippen MR) is 135 cm³/mol. The van der Waals surface area contributed by atoms with Crippen LogP contribution in [-0.4, -0.2) is 56.6 Å². The molecule has 0 saturated carbocycles. The number of hydrogen-bond acceptors (Lipinski definition) is 6. The van der Waals surface area contributed by atoms with Crippen LogP contribution in [0.1, 0.15) is 36.8 Å². The smallest absolute Gasteiger partial charge is 0.261 e. The lowest BCUT2D eigenvalue weighted by Crippen LogP contribution is -2.21. The van der Waals surface area contributed by atoms with E-state index in [0.29, 0.717) is 24.5 Å². The van der Waals surface area contributed by atoms with Crippen molar-refractivity contribution in [1.82, 2.24) is 9.80 Å². The molecule has 2 aromatic rings. The van der Waals surface area contributed by atoms with Gasteiger partial charge in [-0.3, -0.25) is 14.5 Å². The number of halogens is 2. The molecule has 33 heavy (non-hydrogen) atoms. The van der Waals surface area contributed by atoms with Crippen molar-refractivity contribution in [2.45, 2.75) is 43.7 Å². The van der Waals surface area contributed by atoms with E-state index in [2.05, 4.69) is 14.5 Å². The van der Waals surface area contributed by atoms with Crippen LogP contribution in [0.3, 0.4) is 0 Å². The number of likely N-dealkylation sites (tertiary alicyclic amines) is 2. The predicted octanol–water partition coefficient (Wildman–Crippen LogP) is 4.24. The summed E-state index contributed by atoms with van der Waals surface area (Å²) in [5.41, 5.74) is 2.02. The van der Waals surface area contributed by atoms with E-state index in [4.69, 9.17) is 4.74 Å². The zero-order valence-electron chi connectivity index (χ0n) is 18.8. The Morgan fingerprint density at radius 2 is 1.33 bits per heavy atom. The average Bonchev–Trinajstić information content (AvgIpc) is 3.45. The Hall–Kier alpha value is -1.71. The number of methoxy groups -OCH3 is 1. The first-order valence-corrected chi connectivity index (χ1v) is 12.4. The summed E-state index contributed by atoms with van der Waals surface area (Å²) in [6.45, 7) is 5.25. The van der Waals surface area contributed by atoms with Crippen molar-refractivity contribution >= 4 is 40.5 Å². The van der Waals surface area contributed by atoms with Crippen molar-refractivity contribution in [1.29, 1.82) is 0 Å². The van der Waals surface area contributed by atoms with Crippen molar-refractivity contribution in [3.63, 3.8) is 0 Å². The maximum absolute atomic E-state index is 13.0. The Balaban J connectivity index is 0.00000193. The third kappa shape index (κ3) is 6.90. The number of sulfonamides is 1. The number of ether oxygens (including phenoxy) is 1.